The summed E-state index contributed by atoms with van der Waals surface area (Å²) in [6.07, 6.45) is 35.2. The SMILES string of the molecule is CCCCCCCCCCCCCCCCCCCCCCCCCP(C)(C)(C)Br. The average molecular weight is 508 g/mol. The molecule has 0 nitrogen and oxygen atoms in total. The second-order valence-electron chi connectivity index (χ2n) is 11.4. The van der Waals surface area contributed by atoms with E-state index in [1.165, 1.54) is 154 Å². The molecule has 0 aliphatic carbocycles. The van der Waals surface area contributed by atoms with Crippen molar-refractivity contribution >= 4 is 20.8 Å². The molecule has 0 spiro atoms. The molecule has 0 N–H and O–H groups in total. The van der Waals surface area contributed by atoms with Crippen molar-refractivity contribution in [2.45, 2.75) is 155 Å². The van der Waals surface area contributed by atoms with Crippen LogP contribution in [0.5, 0.6) is 0 Å². The van der Waals surface area contributed by atoms with E-state index in [0.29, 0.717) is 0 Å². The van der Waals surface area contributed by atoms with Crippen molar-refractivity contribution in [3.05, 3.63) is 0 Å². The molecule has 0 amide bonds. The van der Waals surface area contributed by atoms with Crippen LogP contribution in [0.2, 0.25) is 0 Å². The second kappa shape index (κ2) is 20.5. The molecule has 0 saturated carbocycles. The van der Waals surface area contributed by atoms with Crippen molar-refractivity contribution in [1.82, 2.24) is 0 Å². The zero-order valence-electron chi connectivity index (χ0n) is 21.8. The maximum atomic E-state index is 3.97. The summed E-state index contributed by atoms with van der Waals surface area (Å²) in [6.45, 7) is 9.61. The van der Waals surface area contributed by atoms with E-state index in [1.807, 2.05) is 0 Å². The summed E-state index contributed by atoms with van der Waals surface area (Å²) in [7, 11) is 0. The summed E-state index contributed by atoms with van der Waals surface area (Å²) in [5.41, 5.74) is 0. The number of hydrogen-bond donors (Lipinski definition) is 0. The van der Waals surface area contributed by atoms with E-state index in [9.17, 15) is 0 Å². The summed E-state index contributed by atoms with van der Waals surface area (Å²) in [5, 5.41) is -1.42. The molecule has 0 rings (SSSR count). The van der Waals surface area contributed by atoms with E-state index in [0.717, 1.165) is 0 Å². The summed E-state index contributed by atoms with van der Waals surface area (Å²) >= 11 is 3.97. The molecule has 0 heterocycles. The van der Waals surface area contributed by atoms with Crippen LogP contribution in [0.4, 0.5) is 0 Å². The minimum atomic E-state index is -1.42. The molecule has 0 fully saturated rings. The Bertz CT molecular complexity index is 335. The fourth-order valence-electron chi connectivity index (χ4n) is 4.43. The molecular formula is C28H60BrP. The van der Waals surface area contributed by atoms with Crippen LogP contribution >= 0.6 is 20.8 Å². The molecular weight excluding hydrogens is 447 g/mol. The molecule has 184 valence electrons. The van der Waals surface area contributed by atoms with Crippen molar-refractivity contribution in [2.75, 3.05) is 26.2 Å². The molecule has 30 heavy (non-hydrogen) atoms. The van der Waals surface area contributed by atoms with Gasteiger partial charge >= 0.3 is 118 Å². The zero-order valence-corrected chi connectivity index (χ0v) is 24.3. The van der Waals surface area contributed by atoms with Crippen molar-refractivity contribution in [3.63, 3.8) is 0 Å². The van der Waals surface area contributed by atoms with Gasteiger partial charge in [0.2, 0.25) is 0 Å². The third-order valence-corrected chi connectivity index (χ3v) is 9.41. The first-order chi connectivity index (χ1) is 14.3. The average Bonchev–Trinajstić information content (AvgIpc) is 2.67. The van der Waals surface area contributed by atoms with Gasteiger partial charge in [0.15, 0.2) is 0 Å². The summed E-state index contributed by atoms with van der Waals surface area (Å²) < 4.78 is 0. The van der Waals surface area contributed by atoms with Gasteiger partial charge in [-0.3, -0.25) is 0 Å². The van der Waals surface area contributed by atoms with Gasteiger partial charge in [-0.15, -0.1) is 0 Å². The molecule has 2 heteroatoms. The minimum absolute atomic E-state index is 1.37. The van der Waals surface area contributed by atoms with Gasteiger partial charge in [-0.2, -0.15) is 0 Å². The molecule has 0 radical (unpaired) electrons. The van der Waals surface area contributed by atoms with E-state index < -0.39 is 5.31 Å². The van der Waals surface area contributed by atoms with Crippen molar-refractivity contribution in [3.8, 4) is 0 Å². The topological polar surface area (TPSA) is 0 Å². The standard InChI is InChI=1S/C28H60BrP/c1-5-6-7-8-9-10-11-12-13-14-15-16-17-18-19-20-21-22-23-24-25-26-27-28-30(2,3,4)29/h5-28H2,1-4H3. The molecule has 0 aliphatic heterocycles. The molecule has 0 bridgehead atoms. The second-order valence-corrected chi connectivity index (χ2v) is 25.6. The monoisotopic (exact) mass is 506 g/mol. The van der Waals surface area contributed by atoms with Crippen molar-refractivity contribution < 1.29 is 0 Å². The van der Waals surface area contributed by atoms with Gasteiger partial charge < -0.3 is 0 Å². The quantitative estimate of drug-likeness (QED) is 0.0900. The van der Waals surface area contributed by atoms with Gasteiger partial charge in [-0.1, -0.05) is 84.0 Å². The Kier molecular flexibility index (Phi) is 21.1. The third-order valence-electron chi connectivity index (χ3n) is 6.52. The van der Waals surface area contributed by atoms with Gasteiger partial charge in [-0.25, -0.2) is 0 Å². The number of unbranched alkanes of at least 4 members (excludes halogenated alkanes) is 22. The molecule has 0 unspecified atom stereocenters. The number of rotatable bonds is 24. The predicted octanol–water partition coefficient (Wildman–Crippen LogP) is 11.7. The van der Waals surface area contributed by atoms with E-state index >= 15 is 0 Å². The van der Waals surface area contributed by atoms with Gasteiger partial charge in [-0.05, 0) is 0 Å². The van der Waals surface area contributed by atoms with Crippen LogP contribution in [0.1, 0.15) is 155 Å². The number of hydrogen-bond acceptors (Lipinski definition) is 0. The maximum absolute atomic E-state index is 3.97. The normalized spacial score (nSPS) is 13.4. The molecule has 0 aromatic rings. The summed E-state index contributed by atoms with van der Waals surface area (Å²) in [4.78, 5) is 0. The van der Waals surface area contributed by atoms with Gasteiger partial charge in [0, 0.05) is 0 Å². The number of halogens is 1. The molecule has 0 atom stereocenters. The van der Waals surface area contributed by atoms with Crippen LogP contribution in [0, 0.1) is 0 Å². The van der Waals surface area contributed by atoms with Crippen LogP contribution in [0.3, 0.4) is 0 Å². The summed E-state index contributed by atoms with van der Waals surface area (Å²) in [5.74, 6) is 0. The van der Waals surface area contributed by atoms with E-state index in [-0.39, 0.29) is 0 Å². The Morgan fingerprint density at radius 1 is 0.367 bits per heavy atom. The molecule has 0 aromatic carbocycles. The van der Waals surface area contributed by atoms with E-state index in [1.54, 1.807) is 0 Å². The van der Waals surface area contributed by atoms with Crippen LogP contribution in [-0.2, 0) is 0 Å². The first-order valence-electron chi connectivity index (χ1n) is 14.0. The van der Waals surface area contributed by atoms with Gasteiger partial charge in [0.05, 0.1) is 0 Å². The van der Waals surface area contributed by atoms with Crippen molar-refractivity contribution in [1.29, 1.82) is 0 Å². The van der Waals surface area contributed by atoms with Crippen LogP contribution in [0.15, 0.2) is 0 Å². The molecule has 0 aliphatic rings. The first kappa shape index (κ1) is 30.9. The molecule has 0 aromatic heterocycles. The van der Waals surface area contributed by atoms with Crippen LogP contribution < -0.4 is 0 Å². The Balaban J connectivity index is 3.07. The molecule has 0 saturated heterocycles. The Morgan fingerprint density at radius 2 is 0.567 bits per heavy atom. The third kappa shape index (κ3) is 28.9. The van der Waals surface area contributed by atoms with E-state index in [2.05, 4.69) is 42.4 Å². The Morgan fingerprint density at radius 3 is 0.767 bits per heavy atom. The fraction of sp³-hybridized carbons (Fsp3) is 1.00. The zero-order chi connectivity index (χ0) is 22.4. The van der Waals surface area contributed by atoms with E-state index in [4.69, 9.17) is 0 Å². The van der Waals surface area contributed by atoms with Crippen LogP contribution in [0.25, 0.3) is 0 Å². The fourth-order valence-corrected chi connectivity index (χ4v) is 6.48. The van der Waals surface area contributed by atoms with Crippen molar-refractivity contribution in [2.24, 2.45) is 0 Å². The van der Waals surface area contributed by atoms with Crippen LogP contribution in [-0.4, -0.2) is 26.2 Å². The van der Waals surface area contributed by atoms with Gasteiger partial charge in [0.1, 0.15) is 0 Å². The first-order valence-corrected chi connectivity index (χ1v) is 19.8. The van der Waals surface area contributed by atoms with Gasteiger partial charge in [0.25, 0.3) is 0 Å². The Labute approximate surface area is 201 Å². The summed E-state index contributed by atoms with van der Waals surface area (Å²) in [6, 6.07) is 0. The Hall–Kier alpha value is 0.910. The predicted molar refractivity (Wildman–Crippen MR) is 150 cm³/mol.